The fourth-order valence-electron chi connectivity index (χ4n) is 1.60. The second kappa shape index (κ2) is 6.68. The molecule has 0 saturated heterocycles. The lowest BCUT2D eigenvalue weighted by molar-refractivity contribution is -0.116. The number of benzene rings is 1. The molecule has 5 heteroatoms. The highest BCUT2D eigenvalue weighted by Gasteiger charge is 2.08. The average Bonchev–Trinajstić information content (AvgIpc) is 2.96. The topological polar surface area (TPSA) is 62.5 Å². The second-order valence-corrected chi connectivity index (χ2v) is 4.16. The van der Waals surface area contributed by atoms with Gasteiger partial charge in [-0.1, -0.05) is 12.1 Å². The molecule has 2 aromatic rings. The van der Waals surface area contributed by atoms with E-state index in [1.54, 1.807) is 12.1 Å². The van der Waals surface area contributed by atoms with Crippen LogP contribution in [0.5, 0.6) is 0 Å². The van der Waals surface area contributed by atoms with E-state index in [4.69, 9.17) is 4.42 Å². The van der Waals surface area contributed by atoms with Gasteiger partial charge in [0.2, 0.25) is 5.91 Å². The summed E-state index contributed by atoms with van der Waals surface area (Å²) < 4.78 is 17.8. The molecule has 0 aliphatic heterocycles. The summed E-state index contributed by atoms with van der Waals surface area (Å²) in [5, 5.41) is 12.4. The highest BCUT2D eigenvalue weighted by molar-refractivity contribution is 5.91. The van der Waals surface area contributed by atoms with Crippen LogP contribution in [-0.2, 0) is 4.79 Å². The fraction of sp³-hybridized carbons (Fsp3) is 0.133. The summed E-state index contributed by atoms with van der Waals surface area (Å²) in [7, 11) is 0. The largest absolute Gasteiger partial charge is 0.465 e. The Hall–Kier alpha value is -2.40. The van der Waals surface area contributed by atoms with Gasteiger partial charge in [-0.2, -0.15) is 0 Å². The number of amides is 1. The molecule has 1 amide bonds. The number of carbonyl (C=O) groups is 1. The van der Waals surface area contributed by atoms with Crippen molar-refractivity contribution < 1.29 is 18.7 Å². The van der Waals surface area contributed by atoms with Gasteiger partial charge in [-0.15, -0.1) is 0 Å². The van der Waals surface area contributed by atoms with E-state index < -0.39 is 6.10 Å². The molecule has 0 fully saturated rings. The summed E-state index contributed by atoms with van der Waals surface area (Å²) in [5.41, 5.74) is 0.543. The van der Waals surface area contributed by atoms with Gasteiger partial charge in [0.25, 0.3) is 0 Å². The Morgan fingerprint density at radius 3 is 2.75 bits per heavy atom. The zero-order valence-electron chi connectivity index (χ0n) is 10.6. The Kier molecular flexibility index (Phi) is 4.68. The van der Waals surface area contributed by atoms with Gasteiger partial charge in [0, 0.05) is 12.6 Å². The van der Waals surface area contributed by atoms with Crippen LogP contribution >= 0.6 is 0 Å². The number of aliphatic hydroxyl groups is 1. The number of rotatable bonds is 5. The number of hydrogen-bond acceptors (Lipinski definition) is 3. The Balaban J connectivity index is 1.82. The number of hydrogen-bond donors (Lipinski definition) is 2. The molecule has 0 spiro atoms. The van der Waals surface area contributed by atoms with Gasteiger partial charge >= 0.3 is 0 Å². The van der Waals surface area contributed by atoms with E-state index in [2.05, 4.69) is 5.32 Å². The lowest BCUT2D eigenvalue weighted by Crippen LogP contribution is -2.26. The molecule has 104 valence electrons. The second-order valence-electron chi connectivity index (χ2n) is 4.16. The van der Waals surface area contributed by atoms with Crippen molar-refractivity contribution in [2.45, 2.75) is 6.10 Å². The van der Waals surface area contributed by atoms with Crippen molar-refractivity contribution in [3.63, 3.8) is 0 Å². The van der Waals surface area contributed by atoms with Crippen molar-refractivity contribution in [1.82, 2.24) is 5.32 Å². The third-order valence-corrected chi connectivity index (χ3v) is 2.67. The van der Waals surface area contributed by atoms with Gasteiger partial charge in [0.05, 0.1) is 12.4 Å². The van der Waals surface area contributed by atoms with Crippen LogP contribution in [0, 0.1) is 5.82 Å². The van der Waals surface area contributed by atoms with Crippen LogP contribution in [-0.4, -0.2) is 17.6 Å². The maximum absolute atomic E-state index is 12.7. The standard InChI is InChI=1S/C15H14FNO3/c16-12-5-3-11(4-6-12)14(18)10-17-15(19)8-7-13-2-1-9-20-13/h1-9,14,18H,10H2,(H,17,19)/b8-7+. The summed E-state index contributed by atoms with van der Waals surface area (Å²) in [6.45, 7) is 0.0486. The molecule has 20 heavy (non-hydrogen) atoms. The summed E-state index contributed by atoms with van der Waals surface area (Å²) in [4.78, 5) is 11.5. The predicted molar refractivity (Wildman–Crippen MR) is 72.1 cm³/mol. The van der Waals surface area contributed by atoms with E-state index >= 15 is 0 Å². The first kappa shape index (κ1) is 14.0. The van der Waals surface area contributed by atoms with Crippen molar-refractivity contribution in [3.8, 4) is 0 Å². The van der Waals surface area contributed by atoms with Crippen LogP contribution in [0.1, 0.15) is 17.4 Å². The number of halogens is 1. The van der Waals surface area contributed by atoms with Crippen LogP contribution in [0.3, 0.4) is 0 Å². The Morgan fingerprint density at radius 2 is 2.10 bits per heavy atom. The predicted octanol–water partition coefficient (Wildman–Crippen LogP) is 2.28. The highest BCUT2D eigenvalue weighted by Crippen LogP contribution is 2.12. The van der Waals surface area contributed by atoms with Crippen molar-refractivity contribution in [3.05, 3.63) is 65.9 Å². The van der Waals surface area contributed by atoms with Crippen LogP contribution in [0.15, 0.2) is 53.2 Å². The third kappa shape index (κ3) is 4.07. The molecule has 0 aliphatic rings. The van der Waals surface area contributed by atoms with Gasteiger partial charge in [0.1, 0.15) is 11.6 Å². The molecule has 0 bridgehead atoms. The van der Waals surface area contributed by atoms with Gasteiger partial charge in [-0.3, -0.25) is 4.79 Å². The number of carbonyl (C=O) groups excluding carboxylic acids is 1. The van der Waals surface area contributed by atoms with E-state index in [1.165, 1.54) is 42.7 Å². The maximum Gasteiger partial charge on any atom is 0.244 e. The molecule has 1 unspecified atom stereocenters. The lowest BCUT2D eigenvalue weighted by Gasteiger charge is -2.11. The van der Waals surface area contributed by atoms with E-state index in [1.807, 2.05) is 0 Å². The van der Waals surface area contributed by atoms with Gasteiger partial charge < -0.3 is 14.8 Å². The number of aliphatic hydroxyl groups excluding tert-OH is 1. The molecular formula is C15H14FNO3. The SMILES string of the molecule is O=C(/C=C/c1ccco1)NCC(O)c1ccc(F)cc1. The van der Waals surface area contributed by atoms with Crippen LogP contribution in [0.2, 0.25) is 0 Å². The first-order valence-electron chi connectivity index (χ1n) is 6.08. The van der Waals surface area contributed by atoms with E-state index in [0.29, 0.717) is 11.3 Å². The summed E-state index contributed by atoms with van der Waals surface area (Å²) in [6.07, 6.45) is 3.47. The van der Waals surface area contributed by atoms with Gasteiger partial charge in [0.15, 0.2) is 0 Å². The smallest absolute Gasteiger partial charge is 0.244 e. The third-order valence-electron chi connectivity index (χ3n) is 2.67. The van der Waals surface area contributed by atoms with E-state index in [0.717, 1.165) is 0 Å². The Bertz CT molecular complexity index is 576. The average molecular weight is 275 g/mol. The molecule has 0 aliphatic carbocycles. The highest BCUT2D eigenvalue weighted by atomic mass is 19.1. The lowest BCUT2D eigenvalue weighted by atomic mass is 10.1. The molecule has 0 radical (unpaired) electrons. The fourth-order valence-corrected chi connectivity index (χ4v) is 1.60. The molecule has 1 aromatic heterocycles. The zero-order chi connectivity index (χ0) is 14.4. The van der Waals surface area contributed by atoms with Crippen molar-refractivity contribution in [2.75, 3.05) is 6.54 Å². The van der Waals surface area contributed by atoms with Crippen molar-refractivity contribution in [2.24, 2.45) is 0 Å². The molecule has 4 nitrogen and oxygen atoms in total. The maximum atomic E-state index is 12.7. The van der Waals surface area contributed by atoms with Crippen LogP contribution in [0.4, 0.5) is 4.39 Å². The summed E-state index contributed by atoms with van der Waals surface area (Å²) in [6, 6.07) is 8.91. The summed E-state index contributed by atoms with van der Waals surface area (Å²) >= 11 is 0. The van der Waals surface area contributed by atoms with Crippen LogP contribution < -0.4 is 5.32 Å². The van der Waals surface area contributed by atoms with E-state index in [9.17, 15) is 14.3 Å². The quantitative estimate of drug-likeness (QED) is 0.823. The molecule has 1 aromatic carbocycles. The van der Waals surface area contributed by atoms with Gasteiger partial charge in [-0.25, -0.2) is 4.39 Å². The van der Waals surface area contributed by atoms with E-state index in [-0.39, 0.29) is 18.3 Å². The van der Waals surface area contributed by atoms with Crippen molar-refractivity contribution >= 4 is 12.0 Å². The first-order valence-corrected chi connectivity index (χ1v) is 6.08. The number of furan rings is 1. The van der Waals surface area contributed by atoms with Crippen molar-refractivity contribution in [1.29, 1.82) is 0 Å². The normalized spacial score (nSPS) is 12.5. The Morgan fingerprint density at radius 1 is 1.35 bits per heavy atom. The Labute approximate surface area is 115 Å². The van der Waals surface area contributed by atoms with Crippen LogP contribution in [0.25, 0.3) is 6.08 Å². The molecule has 1 heterocycles. The minimum atomic E-state index is -0.878. The molecule has 1 atom stereocenters. The summed E-state index contributed by atoms with van der Waals surface area (Å²) in [5.74, 6) is -0.145. The first-order chi connectivity index (χ1) is 9.65. The molecule has 2 N–H and O–H groups in total. The minimum Gasteiger partial charge on any atom is -0.465 e. The minimum absolute atomic E-state index is 0.0486. The number of nitrogens with one attached hydrogen (secondary N) is 1. The molecule has 2 rings (SSSR count). The monoisotopic (exact) mass is 275 g/mol. The van der Waals surface area contributed by atoms with Gasteiger partial charge in [-0.05, 0) is 35.9 Å². The zero-order valence-corrected chi connectivity index (χ0v) is 10.6. The molecular weight excluding hydrogens is 261 g/mol. The molecule has 0 saturated carbocycles.